The van der Waals surface area contributed by atoms with E-state index in [0.717, 1.165) is 33.0 Å². The number of amides is 1. The molecule has 0 saturated heterocycles. The van der Waals surface area contributed by atoms with Crippen molar-refractivity contribution in [2.45, 2.75) is 24.7 Å². The Morgan fingerprint density at radius 1 is 1.17 bits per heavy atom. The van der Waals surface area contributed by atoms with E-state index >= 15 is 0 Å². The summed E-state index contributed by atoms with van der Waals surface area (Å²) >= 11 is 3.05. The van der Waals surface area contributed by atoms with Gasteiger partial charge in [0.1, 0.15) is 5.75 Å². The fourth-order valence-corrected chi connectivity index (χ4v) is 4.37. The summed E-state index contributed by atoms with van der Waals surface area (Å²) in [7, 11) is 1.64. The molecule has 29 heavy (non-hydrogen) atoms. The molecular formula is C21H22N2O4S2. The first-order valence-electron chi connectivity index (χ1n) is 9.23. The van der Waals surface area contributed by atoms with Crippen LogP contribution in [0.3, 0.4) is 0 Å². The molecule has 3 rings (SSSR count). The third-order valence-electron chi connectivity index (χ3n) is 4.02. The van der Waals surface area contributed by atoms with Gasteiger partial charge in [-0.05, 0) is 61.6 Å². The molecule has 6 nitrogen and oxygen atoms in total. The van der Waals surface area contributed by atoms with Gasteiger partial charge in [0.2, 0.25) is 5.91 Å². The largest absolute Gasteiger partial charge is 0.497 e. The number of ether oxygens (including phenoxy) is 2. The number of esters is 1. The molecule has 0 spiro atoms. The molecule has 1 aromatic heterocycles. The Morgan fingerprint density at radius 2 is 1.97 bits per heavy atom. The van der Waals surface area contributed by atoms with E-state index in [4.69, 9.17) is 9.47 Å². The number of benzene rings is 2. The molecule has 0 aliphatic heterocycles. The predicted octanol–water partition coefficient (Wildman–Crippen LogP) is 4.99. The highest BCUT2D eigenvalue weighted by atomic mass is 32.2. The van der Waals surface area contributed by atoms with Crippen LogP contribution in [-0.2, 0) is 9.53 Å². The zero-order valence-electron chi connectivity index (χ0n) is 16.3. The van der Waals surface area contributed by atoms with Crippen LogP contribution in [0, 0.1) is 0 Å². The fourth-order valence-electron chi connectivity index (χ4n) is 2.60. The number of rotatable bonds is 9. The van der Waals surface area contributed by atoms with Gasteiger partial charge >= 0.3 is 5.97 Å². The van der Waals surface area contributed by atoms with Gasteiger partial charge in [-0.25, -0.2) is 9.78 Å². The topological polar surface area (TPSA) is 77.5 Å². The lowest BCUT2D eigenvalue weighted by Gasteiger charge is -2.04. The average Bonchev–Trinajstić information content (AvgIpc) is 3.13. The van der Waals surface area contributed by atoms with Gasteiger partial charge in [0.25, 0.3) is 0 Å². The zero-order chi connectivity index (χ0) is 20.6. The summed E-state index contributed by atoms with van der Waals surface area (Å²) in [5, 5.41) is 3.38. The lowest BCUT2D eigenvalue weighted by molar-refractivity contribution is -0.116. The number of hydrogen-bond donors (Lipinski definition) is 1. The molecule has 0 fully saturated rings. The number of methoxy groups -OCH3 is 1. The molecule has 0 radical (unpaired) electrons. The third kappa shape index (κ3) is 5.95. The Balaban J connectivity index is 1.48. The number of thioether (sulfide) groups is 1. The molecule has 0 aliphatic carbocycles. The van der Waals surface area contributed by atoms with E-state index in [-0.39, 0.29) is 11.9 Å². The highest BCUT2D eigenvalue weighted by Gasteiger charge is 2.12. The van der Waals surface area contributed by atoms with Gasteiger partial charge in [0, 0.05) is 11.3 Å². The molecule has 0 bridgehead atoms. The monoisotopic (exact) mass is 430 g/mol. The highest BCUT2D eigenvalue weighted by molar-refractivity contribution is 7.99. The van der Waals surface area contributed by atoms with Crippen LogP contribution < -0.4 is 10.1 Å². The summed E-state index contributed by atoms with van der Waals surface area (Å²) in [6, 6.07) is 13.1. The van der Waals surface area contributed by atoms with Crippen LogP contribution in [0.15, 0.2) is 47.4 Å². The van der Waals surface area contributed by atoms with Crippen molar-refractivity contribution < 1.29 is 19.1 Å². The van der Waals surface area contributed by atoms with Crippen LogP contribution in [0.4, 0.5) is 5.13 Å². The van der Waals surface area contributed by atoms with Crippen LogP contribution in [0.5, 0.6) is 5.75 Å². The fraction of sp³-hybridized carbons (Fsp3) is 0.286. The Morgan fingerprint density at radius 3 is 2.69 bits per heavy atom. The van der Waals surface area contributed by atoms with Crippen molar-refractivity contribution in [1.29, 1.82) is 0 Å². The van der Waals surface area contributed by atoms with Crippen LogP contribution >= 0.6 is 23.1 Å². The summed E-state index contributed by atoms with van der Waals surface area (Å²) in [5.74, 6) is 1.26. The SMILES string of the molecule is CCOC(=O)c1ccc2nc(NC(=O)CCCSc3ccc(OC)cc3)sc2c1. The van der Waals surface area contributed by atoms with Crippen molar-refractivity contribution in [1.82, 2.24) is 4.98 Å². The maximum atomic E-state index is 12.2. The molecule has 0 atom stereocenters. The Hall–Kier alpha value is -2.58. The summed E-state index contributed by atoms with van der Waals surface area (Å²) in [6.45, 7) is 2.10. The van der Waals surface area contributed by atoms with Crippen molar-refractivity contribution in [2.75, 3.05) is 24.8 Å². The molecule has 3 aromatic rings. The summed E-state index contributed by atoms with van der Waals surface area (Å²) in [6.07, 6.45) is 1.19. The van der Waals surface area contributed by atoms with E-state index in [0.29, 0.717) is 23.7 Å². The molecular weight excluding hydrogens is 408 g/mol. The number of thiazole rings is 1. The summed E-state index contributed by atoms with van der Waals surface area (Å²) in [5.41, 5.74) is 1.23. The van der Waals surface area contributed by atoms with Gasteiger partial charge in [0.05, 0.1) is 29.5 Å². The van der Waals surface area contributed by atoms with Gasteiger partial charge in [-0.3, -0.25) is 4.79 Å². The van der Waals surface area contributed by atoms with Crippen molar-refractivity contribution >= 4 is 50.3 Å². The second-order valence-electron chi connectivity index (χ2n) is 6.10. The molecule has 8 heteroatoms. The smallest absolute Gasteiger partial charge is 0.338 e. The molecule has 2 aromatic carbocycles. The van der Waals surface area contributed by atoms with Crippen LogP contribution in [0.1, 0.15) is 30.1 Å². The predicted molar refractivity (Wildman–Crippen MR) is 117 cm³/mol. The van der Waals surface area contributed by atoms with E-state index in [9.17, 15) is 9.59 Å². The minimum absolute atomic E-state index is 0.0648. The van der Waals surface area contributed by atoms with Crippen molar-refractivity contribution in [3.63, 3.8) is 0 Å². The lowest BCUT2D eigenvalue weighted by atomic mass is 10.2. The molecule has 0 unspecified atom stereocenters. The Kier molecular flexibility index (Phi) is 7.48. The molecule has 0 aliphatic rings. The number of anilines is 1. The van der Waals surface area contributed by atoms with Gasteiger partial charge in [0.15, 0.2) is 5.13 Å². The van der Waals surface area contributed by atoms with E-state index in [1.807, 2.05) is 24.3 Å². The van der Waals surface area contributed by atoms with Crippen molar-refractivity contribution in [3.8, 4) is 5.75 Å². The zero-order valence-corrected chi connectivity index (χ0v) is 17.9. The van der Waals surface area contributed by atoms with Crippen LogP contribution in [-0.4, -0.2) is 36.3 Å². The highest BCUT2D eigenvalue weighted by Crippen LogP contribution is 2.27. The standard InChI is InChI=1S/C21H22N2O4S2/c1-3-27-20(25)14-6-11-17-18(13-14)29-21(22-17)23-19(24)5-4-12-28-16-9-7-15(26-2)8-10-16/h6-11,13H,3-5,12H2,1-2H3,(H,22,23,24). The summed E-state index contributed by atoms with van der Waals surface area (Å²) in [4.78, 5) is 29.6. The number of aromatic nitrogens is 1. The van der Waals surface area contributed by atoms with Crippen molar-refractivity contribution in [2.24, 2.45) is 0 Å². The number of carbonyl (C=O) groups is 2. The molecule has 152 valence electrons. The first-order valence-corrected chi connectivity index (χ1v) is 11.0. The van der Waals surface area contributed by atoms with Gasteiger partial charge in [-0.1, -0.05) is 11.3 Å². The number of nitrogens with zero attached hydrogens (tertiary/aromatic N) is 1. The quantitative estimate of drug-likeness (QED) is 0.293. The molecule has 0 saturated carbocycles. The van der Waals surface area contributed by atoms with Crippen LogP contribution in [0.2, 0.25) is 0 Å². The van der Waals surface area contributed by atoms with E-state index in [1.54, 1.807) is 44.0 Å². The average molecular weight is 431 g/mol. The lowest BCUT2D eigenvalue weighted by Crippen LogP contribution is -2.11. The Bertz CT molecular complexity index is 986. The maximum Gasteiger partial charge on any atom is 0.338 e. The van der Waals surface area contributed by atoms with Crippen molar-refractivity contribution in [3.05, 3.63) is 48.0 Å². The minimum atomic E-state index is -0.359. The van der Waals surface area contributed by atoms with Gasteiger partial charge in [-0.2, -0.15) is 0 Å². The number of fused-ring (bicyclic) bond motifs is 1. The van der Waals surface area contributed by atoms with Gasteiger partial charge in [-0.15, -0.1) is 11.8 Å². The third-order valence-corrected chi connectivity index (χ3v) is 6.05. The number of hydrogen-bond acceptors (Lipinski definition) is 7. The number of nitrogens with one attached hydrogen (secondary N) is 1. The Labute approximate surface area is 177 Å². The van der Waals surface area contributed by atoms with Gasteiger partial charge < -0.3 is 14.8 Å². The van der Waals surface area contributed by atoms with E-state index in [2.05, 4.69) is 10.3 Å². The van der Waals surface area contributed by atoms with Crippen LogP contribution in [0.25, 0.3) is 10.2 Å². The first-order chi connectivity index (χ1) is 14.1. The second kappa shape index (κ2) is 10.3. The number of carbonyl (C=O) groups excluding carboxylic acids is 2. The maximum absolute atomic E-state index is 12.2. The van der Waals surface area contributed by atoms with E-state index in [1.165, 1.54) is 11.3 Å². The molecule has 1 heterocycles. The first kappa shape index (κ1) is 21.1. The second-order valence-corrected chi connectivity index (χ2v) is 8.30. The molecule has 1 amide bonds. The normalized spacial score (nSPS) is 10.7. The summed E-state index contributed by atoms with van der Waals surface area (Å²) < 4.78 is 11.0. The minimum Gasteiger partial charge on any atom is -0.497 e. The van der Waals surface area contributed by atoms with E-state index < -0.39 is 0 Å². The molecule has 1 N–H and O–H groups in total.